The SMILES string of the molecule is CNCCC(=O)N1CCN(Cc2ccc(-c3cccc(F)c3)s2)CC1. The minimum absolute atomic E-state index is 0.202. The number of benzene rings is 1. The van der Waals surface area contributed by atoms with Gasteiger partial charge in [-0.3, -0.25) is 9.69 Å². The first kappa shape index (κ1) is 18.0. The zero-order valence-electron chi connectivity index (χ0n) is 14.5. The van der Waals surface area contributed by atoms with Gasteiger partial charge in [-0.25, -0.2) is 4.39 Å². The molecule has 25 heavy (non-hydrogen) atoms. The number of amides is 1. The van der Waals surface area contributed by atoms with E-state index in [-0.39, 0.29) is 11.7 Å². The molecule has 3 rings (SSSR count). The molecular formula is C19H24FN3OS. The summed E-state index contributed by atoms with van der Waals surface area (Å²) in [6.45, 7) is 5.02. The second-order valence-corrected chi connectivity index (χ2v) is 7.46. The first-order valence-corrected chi connectivity index (χ1v) is 9.47. The lowest BCUT2D eigenvalue weighted by Gasteiger charge is -2.34. The number of halogens is 1. The Morgan fingerprint density at radius 1 is 1.20 bits per heavy atom. The fourth-order valence-electron chi connectivity index (χ4n) is 3.03. The molecule has 2 aromatic rings. The van der Waals surface area contributed by atoms with E-state index in [1.54, 1.807) is 23.5 Å². The molecule has 6 heteroatoms. The van der Waals surface area contributed by atoms with E-state index < -0.39 is 0 Å². The number of hydrogen-bond donors (Lipinski definition) is 1. The molecule has 0 unspecified atom stereocenters. The molecule has 1 N–H and O–H groups in total. The second-order valence-electron chi connectivity index (χ2n) is 6.29. The molecule has 1 aliphatic heterocycles. The topological polar surface area (TPSA) is 35.6 Å². The van der Waals surface area contributed by atoms with E-state index in [4.69, 9.17) is 0 Å². The van der Waals surface area contributed by atoms with Crippen LogP contribution in [0.25, 0.3) is 10.4 Å². The third kappa shape index (κ3) is 4.87. The highest BCUT2D eigenvalue weighted by molar-refractivity contribution is 7.15. The number of carbonyl (C=O) groups excluding carboxylic acids is 1. The van der Waals surface area contributed by atoms with Crippen LogP contribution in [0.5, 0.6) is 0 Å². The van der Waals surface area contributed by atoms with Gasteiger partial charge in [-0.2, -0.15) is 0 Å². The van der Waals surface area contributed by atoms with E-state index in [2.05, 4.69) is 22.3 Å². The maximum Gasteiger partial charge on any atom is 0.223 e. The minimum Gasteiger partial charge on any atom is -0.340 e. The van der Waals surface area contributed by atoms with Crippen LogP contribution in [-0.2, 0) is 11.3 Å². The Bertz CT molecular complexity index is 710. The Morgan fingerprint density at radius 2 is 2.00 bits per heavy atom. The van der Waals surface area contributed by atoms with E-state index in [1.165, 1.54) is 10.9 Å². The molecule has 0 saturated carbocycles. The highest BCUT2D eigenvalue weighted by Gasteiger charge is 2.21. The third-order valence-corrected chi connectivity index (χ3v) is 5.58. The number of carbonyl (C=O) groups is 1. The normalized spacial score (nSPS) is 15.5. The predicted molar refractivity (Wildman–Crippen MR) is 100 cm³/mol. The van der Waals surface area contributed by atoms with Crippen LogP contribution in [0.2, 0.25) is 0 Å². The average Bonchev–Trinajstić information content (AvgIpc) is 3.09. The van der Waals surface area contributed by atoms with Gasteiger partial charge in [-0.1, -0.05) is 12.1 Å². The highest BCUT2D eigenvalue weighted by Crippen LogP contribution is 2.29. The molecular weight excluding hydrogens is 337 g/mol. The Morgan fingerprint density at radius 3 is 2.72 bits per heavy atom. The molecule has 0 spiro atoms. The Labute approximate surface area is 152 Å². The lowest BCUT2D eigenvalue weighted by Crippen LogP contribution is -2.48. The molecule has 1 saturated heterocycles. The molecule has 1 amide bonds. The van der Waals surface area contributed by atoms with E-state index in [1.807, 2.05) is 18.0 Å². The van der Waals surface area contributed by atoms with Gasteiger partial charge >= 0.3 is 0 Å². The Kier molecular flexibility index (Phi) is 6.18. The summed E-state index contributed by atoms with van der Waals surface area (Å²) in [7, 11) is 1.87. The van der Waals surface area contributed by atoms with Crippen molar-refractivity contribution >= 4 is 17.2 Å². The minimum atomic E-state index is -0.202. The van der Waals surface area contributed by atoms with E-state index in [9.17, 15) is 9.18 Å². The van der Waals surface area contributed by atoms with E-state index >= 15 is 0 Å². The summed E-state index contributed by atoms with van der Waals surface area (Å²) in [6.07, 6.45) is 0.568. The van der Waals surface area contributed by atoms with Crippen LogP contribution in [0.15, 0.2) is 36.4 Å². The second kappa shape index (κ2) is 8.56. The number of nitrogens with zero attached hydrogens (tertiary/aromatic N) is 2. The van der Waals surface area contributed by atoms with Crippen molar-refractivity contribution < 1.29 is 9.18 Å². The van der Waals surface area contributed by atoms with Gasteiger partial charge in [0.05, 0.1) is 0 Å². The van der Waals surface area contributed by atoms with E-state index in [0.717, 1.165) is 49.7 Å². The van der Waals surface area contributed by atoms with Crippen LogP contribution in [0.4, 0.5) is 4.39 Å². The van der Waals surface area contributed by atoms with Crippen LogP contribution >= 0.6 is 11.3 Å². The molecule has 2 heterocycles. The maximum atomic E-state index is 13.4. The largest absolute Gasteiger partial charge is 0.340 e. The molecule has 0 radical (unpaired) electrons. The zero-order chi connectivity index (χ0) is 17.6. The predicted octanol–water partition coefficient (Wildman–Crippen LogP) is 2.81. The van der Waals surface area contributed by atoms with Crippen LogP contribution in [0.1, 0.15) is 11.3 Å². The Hall–Kier alpha value is -1.76. The molecule has 0 aliphatic carbocycles. The first-order valence-electron chi connectivity index (χ1n) is 8.65. The molecule has 4 nitrogen and oxygen atoms in total. The number of rotatable bonds is 6. The molecule has 1 aromatic heterocycles. The number of nitrogens with one attached hydrogen (secondary N) is 1. The van der Waals surface area contributed by atoms with Gasteiger partial charge in [-0.05, 0) is 36.9 Å². The highest BCUT2D eigenvalue weighted by atomic mass is 32.1. The van der Waals surface area contributed by atoms with Gasteiger partial charge in [0, 0.05) is 55.4 Å². The lowest BCUT2D eigenvalue weighted by molar-refractivity contribution is -0.132. The van der Waals surface area contributed by atoms with Crippen molar-refractivity contribution in [2.45, 2.75) is 13.0 Å². The van der Waals surface area contributed by atoms with Crippen LogP contribution in [0.3, 0.4) is 0 Å². The first-order chi connectivity index (χ1) is 12.2. The summed E-state index contributed by atoms with van der Waals surface area (Å²) in [5.41, 5.74) is 0.927. The van der Waals surface area contributed by atoms with Crippen molar-refractivity contribution in [2.24, 2.45) is 0 Å². The molecule has 1 aromatic carbocycles. The molecule has 0 bridgehead atoms. The maximum absolute atomic E-state index is 13.4. The van der Waals surface area contributed by atoms with Crippen molar-refractivity contribution in [3.8, 4) is 10.4 Å². The fraction of sp³-hybridized carbons (Fsp3) is 0.421. The third-order valence-electron chi connectivity index (χ3n) is 4.46. The average molecular weight is 361 g/mol. The van der Waals surface area contributed by atoms with Gasteiger partial charge in [0.15, 0.2) is 0 Å². The van der Waals surface area contributed by atoms with Crippen LogP contribution < -0.4 is 5.32 Å². The van der Waals surface area contributed by atoms with Crippen molar-refractivity contribution in [3.63, 3.8) is 0 Å². The number of hydrogen-bond acceptors (Lipinski definition) is 4. The summed E-state index contributed by atoms with van der Waals surface area (Å²) in [4.78, 5) is 18.8. The number of thiophene rings is 1. The summed E-state index contributed by atoms with van der Waals surface area (Å²) < 4.78 is 13.4. The smallest absolute Gasteiger partial charge is 0.223 e. The van der Waals surface area contributed by atoms with Gasteiger partial charge < -0.3 is 10.2 Å². The Balaban J connectivity index is 1.52. The molecule has 0 atom stereocenters. The summed E-state index contributed by atoms with van der Waals surface area (Å²) in [5, 5.41) is 3.02. The summed E-state index contributed by atoms with van der Waals surface area (Å²) in [6, 6.07) is 10.9. The molecule has 1 aliphatic rings. The van der Waals surface area contributed by atoms with Crippen molar-refractivity contribution in [1.29, 1.82) is 0 Å². The molecule has 134 valence electrons. The summed E-state index contributed by atoms with van der Waals surface area (Å²) >= 11 is 1.71. The number of piperazine rings is 1. The molecule has 1 fully saturated rings. The van der Waals surface area contributed by atoms with Crippen molar-refractivity contribution in [3.05, 3.63) is 47.1 Å². The van der Waals surface area contributed by atoms with Crippen LogP contribution in [-0.4, -0.2) is 55.5 Å². The lowest BCUT2D eigenvalue weighted by atomic mass is 10.2. The van der Waals surface area contributed by atoms with Gasteiger partial charge in [0.25, 0.3) is 0 Å². The van der Waals surface area contributed by atoms with Crippen molar-refractivity contribution in [2.75, 3.05) is 39.8 Å². The van der Waals surface area contributed by atoms with Gasteiger partial charge in [-0.15, -0.1) is 11.3 Å². The fourth-order valence-corrected chi connectivity index (χ4v) is 4.07. The van der Waals surface area contributed by atoms with Gasteiger partial charge in [0.2, 0.25) is 5.91 Å². The van der Waals surface area contributed by atoms with Crippen molar-refractivity contribution in [1.82, 2.24) is 15.1 Å². The van der Waals surface area contributed by atoms with Gasteiger partial charge in [0.1, 0.15) is 5.82 Å². The monoisotopic (exact) mass is 361 g/mol. The van der Waals surface area contributed by atoms with E-state index in [0.29, 0.717) is 6.42 Å². The van der Waals surface area contributed by atoms with Crippen LogP contribution in [0, 0.1) is 5.82 Å². The zero-order valence-corrected chi connectivity index (χ0v) is 15.3. The quantitative estimate of drug-likeness (QED) is 0.859. The summed E-state index contributed by atoms with van der Waals surface area (Å²) in [5.74, 6) is 0.0324. The standard InChI is InChI=1S/C19H24FN3OS/c1-21-8-7-19(24)23-11-9-22(10-12-23)14-17-5-6-18(25-17)15-3-2-4-16(20)13-15/h2-6,13,21H,7-12,14H2,1H3.